The molecular weight excluding hydrogens is 305 g/mol. The lowest BCUT2D eigenvalue weighted by atomic mass is 9.81. The lowest BCUT2D eigenvalue weighted by molar-refractivity contribution is 0.00752. The van der Waals surface area contributed by atoms with E-state index in [4.69, 9.17) is 0 Å². The highest BCUT2D eigenvalue weighted by Crippen LogP contribution is 2.33. The Morgan fingerprint density at radius 1 is 1.22 bits per heavy atom. The van der Waals surface area contributed by atoms with Crippen LogP contribution in [0.3, 0.4) is 0 Å². The molecule has 0 saturated heterocycles. The number of benzene rings is 1. The lowest BCUT2D eigenvalue weighted by Crippen LogP contribution is -2.55. The number of rotatable bonds is 3. The van der Waals surface area contributed by atoms with Gasteiger partial charge in [-0.2, -0.15) is 0 Å². The highest BCUT2D eigenvalue weighted by Gasteiger charge is 2.42. The molecule has 3 rings (SSSR count). The number of nitrogens with one attached hydrogen (secondary N) is 1. The summed E-state index contributed by atoms with van der Waals surface area (Å²) >= 11 is 0. The molecule has 1 saturated carbocycles. The summed E-state index contributed by atoms with van der Waals surface area (Å²) in [6.07, 6.45) is 1.40. The summed E-state index contributed by atoms with van der Waals surface area (Å²) < 4.78 is 40.6. The second-order valence-electron chi connectivity index (χ2n) is 6.01. The molecule has 0 spiro atoms. The first-order valence-electron chi connectivity index (χ1n) is 7.67. The van der Waals surface area contributed by atoms with Crippen molar-refractivity contribution in [1.29, 1.82) is 0 Å². The smallest absolute Gasteiger partial charge is 0.261 e. The highest BCUT2D eigenvalue weighted by atomic mass is 19.3. The zero-order chi connectivity index (χ0) is 16.4. The summed E-state index contributed by atoms with van der Waals surface area (Å²) in [6, 6.07) is 5.90. The number of nitrogens with zero attached hydrogens (tertiary/aromatic N) is 1. The third kappa shape index (κ3) is 3.02. The highest BCUT2D eigenvalue weighted by molar-refractivity contribution is 5.97. The maximum absolute atomic E-state index is 13.6. The minimum Gasteiger partial charge on any atom is -0.341 e. The van der Waals surface area contributed by atoms with Crippen molar-refractivity contribution in [3.63, 3.8) is 0 Å². The second kappa shape index (κ2) is 6.18. The Labute approximate surface area is 131 Å². The summed E-state index contributed by atoms with van der Waals surface area (Å²) in [5, 5.41) is 2.97. The fourth-order valence-corrected chi connectivity index (χ4v) is 3.13. The zero-order valence-corrected chi connectivity index (χ0v) is 12.5. The van der Waals surface area contributed by atoms with Gasteiger partial charge in [-0.25, -0.2) is 13.2 Å². The molecule has 1 aromatic carbocycles. The van der Waals surface area contributed by atoms with Crippen LogP contribution in [0.1, 0.15) is 42.5 Å². The average molecular weight is 322 g/mol. The summed E-state index contributed by atoms with van der Waals surface area (Å²) in [7, 11) is 0. The Bertz CT molecular complexity index is 727. The number of alkyl halides is 2. The predicted octanol–water partition coefficient (Wildman–Crippen LogP) is 4.07. The number of hydrogen-bond acceptors (Lipinski definition) is 2. The van der Waals surface area contributed by atoms with E-state index in [1.165, 1.54) is 24.4 Å². The van der Waals surface area contributed by atoms with Gasteiger partial charge in [0, 0.05) is 11.6 Å². The van der Waals surface area contributed by atoms with Crippen LogP contribution < -0.4 is 5.32 Å². The molecule has 1 amide bonds. The fraction of sp³-hybridized carbons (Fsp3) is 0.412. The minimum absolute atomic E-state index is 0.158. The number of amides is 1. The van der Waals surface area contributed by atoms with Crippen LogP contribution in [0.15, 0.2) is 30.5 Å². The van der Waals surface area contributed by atoms with Gasteiger partial charge in [0.1, 0.15) is 16.9 Å². The van der Waals surface area contributed by atoms with Gasteiger partial charge >= 0.3 is 0 Å². The summed E-state index contributed by atoms with van der Waals surface area (Å²) in [5.74, 6) is -1.07. The van der Waals surface area contributed by atoms with Gasteiger partial charge in [0.15, 0.2) is 0 Å². The van der Waals surface area contributed by atoms with Gasteiger partial charge in [-0.3, -0.25) is 9.78 Å². The van der Waals surface area contributed by atoms with Crippen molar-refractivity contribution in [2.75, 3.05) is 0 Å². The number of aromatic nitrogens is 1. The van der Waals surface area contributed by atoms with Crippen molar-refractivity contribution in [3.8, 4) is 0 Å². The Kier molecular flexibility index (Phi) is 4.24. The van der Waals surface area contributed by atoms with Crippen LogP contribution in [0.4, 0.5) is 13.2 Å². The summed E-state index contributed by atoms with van der Waals surface area (Å²) in [5.41, 5.74) is -1.15. The minimum atomic E-state index is -2.61. The molecule has 1 N–H and O–H groups in total. The Morgan fingerprint density at radius 2 is 1.96 bits per heavy atom. The standard InChI is InChI=1S/C17H17F3N2O/c18-13-6-4-5-11-9-12(10-21-14(11)13)15(23)22-17(16(19)20)7-2-1-3-8-17/h4-6,9-10,16H,1-3,7-8H2,(H,22,23). The van der Waals surface area contributed by atoms with E-state index in [0.717, 1.165) is 6.42 Å². The predicted molar refractivity (Wildman–Crippen MR) is 81.0 cm³/mol. The van der Waals surface area contributed by atoms with Crippen LogP contribution in [0, 0.1) is 5.82 Å². The van der Waals surface area contributed by atoms with Gasteiger partial charge in [0.2, 0.25) is 0 Å². The van der Waals surface area contributed by atoms with E-state index in [-0.39, 0.29) is 23.9 Å². The molecule has 0 radical (unpaired) electrons. The van der Waals surface area contributed by atoms with Gasteiger partial charge in [0.25, 0.3) is 12.3 Å². The first kappa shape index (κ1) is 15.8. The first-order chi connectivity index (χ1) is 11.0. The molecule has 1 aliphatic rings. The van der Waals surface area contributed by atoms with Crippen LogP contribution >= 0.6 is 0 Å². The fourth-order valence-electron chi connectivity index (χ4n) is 3.13. The van der Waals surface area contributed by atoms with Gasteiger partial charge in [0.05, 0.1) is 5.56 Å². The van der Waals surface area contributed by atoms with Gasteiger partial charge in [-0.1, -0.05) is 31.4 Å². The molecule has 122 valence electrons. The molecular formula is C17H17F3N2O. The van der Waals surface area contributed by atoms with E-state index in [2.05, 4.69) is 10.3 Å². The van der Waals surface area contributed by atoms with Gasteiger partial charge in [-0.05, 0) is 25.0 Å². The summed E-state index contributed by atoms with van der Waals surface area (Å²) in [4.78, 5) is 16.3. The van der Waals surface area contributed by atoms with Crippen LogP contribution in [0.25, 0.3) is 10.9 Å². The quantitative estimate of drug-likeness (QED) is 0.925. The average Bonchev–Trinajstić information content (AvgIpc) is 2.55. The number of halogens is 3. The number of fused-ring (bicyclic) bond motifs is 1. The number of carbonyl (C=O) groups is 1. The largest absolute Gasteiger partial charge is 0.341 e. The van der Waals surface area contributed by atoms with Crippen molar-refractivity contribution >= 4 is 16.8 Å². The molecule has 0 bridgehead atoms. The van der Waals surface area contributed by atoms with Crippen molar-refractivity contribution in [2.24, 2.45) is 0 Å². The Hall–Kier alpha value is -2.11. The monoisotopic (exact) mass is 322 g/mol. The Morgan fingerprint density at radius 3 is 2.65 bits per heavy atom. The van der Waals surface area contributed by atoms with Crippen molar-refractivity contribution < 1.29 is 18.0 Å². The molecule has 6 heteroatoms. The van der Waals surface area contributed by atoms with Crippen LogP contribution in [-0.4, -0.2) is 22.9 Å². The molecule has 0 unspecified atom stereocenters. The molecule has 0 atom stereocenters. The van der Waals surface area contributed by atoms with E-state index in [1.54, 1.807) is 6.07 Å². The first-order valence-corrected chi connectivity index (χ1v) is 7.67. The SMILES string of the molecule is O=C(NC1(C(F)F)CCCCC1)c1cnc2c(F)cccc2c1. The van der Waals surface area contributed by atoms with Gasteiger partial charge < -0.3 is 5.32 Å². The molecule has 23 heavy (non-hydrogen) atoms. The van der Waals surface area contributed by atoms with Crippen LogP contribution in [0.2, 0.25) is 0 Å². The zero-order valence-electron chi connectivity index (χ0n) is 12.5. The molecule has 1 fully saturated rings. The number of pyridine rings is 1. The lowest BCUT2D eigenvalue weighted by Gasteiger charge is -2.37. The molecule has 3 nitrogen and oxygen atoms in total. The number of hydrogen-bond donors (Lipinski definition) is 1. The molecule has 2 aromatic rings. The maximum Gasteiger partial charge on any atom is 0.261 e. The van der Waals surface area contributed by atoms with Gasteiger partial charge in [-0.15, -0.1) is 0 Å². The molecule has 1 aromatic heterocycles. The molecule has 1 aliphatic carbocycles. The van der Waals surface area contributed by atoms with Crippen LogP contribution in [-0.2, 0) is 0 Å². The normalized spacial score (nSPS) is 17.4. The van der Waals surface area contributed by atoms with Crippen molar-refractivity contribution in [3.05, 3.63) is 41.8 Å². The van der Waals surface area contributed by atoms with Crippen molar-refractivity contribution in [1.82, 2.24) is 10.3 Å². The number of carbonyl (C=O) groups excluding carboxylic acids is 1. The van der Waals surface area contributed by atoms with E-state index in [1.807, 2.05) is 0 Å². The third-order valence-electron chi connectivity index (χ3n) is 4.45. The topological polar surface area (TPSA) is 42.0 Å². The van der Waals surface area contributed by atoms with E-state index < -0.39 is 23.7 Å². The van der Waals surface area contributed by atoms with E-state index in [9.17, 15) is 18.0 Å². The van der Waals surface area contributed by atoms with Crippen LogP contribution in [0.5, 0.6) is 0 Å². The second-order valence-corrected chi connectivity index (χ2v) is 6.01. The van der Waals surface area contributed by atoms with Crippen molar-refractivity contribution in [2.45, 2.75) is 44.1 Å². The Balaban J connectivity index is 1.87. The molecule has 1 heterocycles. The van der Waals surface area contributed by atoms with E-state index in [0.29, 0.717) is 18.2 Å². The third-order valence-corrected chi connectivity index (χ3v) is 4.45. The van der Waals surface area contributed by atoms with E-state index >= 15 is 0 Å². The summed E-state index contributed by atoms with van der Waals surface area (Å²) in [6.45, 7) is 0. The number of para-hydroxylation sites is 1. The maximum atomic E-state index is 13.6. The molecule has 0 aliphatic heterocycles.